The summed E-state index contributed by atoms with van der Waals surface area (Å²) < 4.78 is 18.5. The van der Waals surface area contributed by atoms with Crippen molar-refractivity contribution in [3.05, 3.63) is 75.9 Å². The summed E-state index contributed by atoms with van der Waals surface area (Å²) in [4.78, 5) is 0. The Hall–Kier alpha value is -2.18. The Morgan fingerprint density at radius 3 is 2.59 bits per heavy atom. The maximum absolute atomic E-state index is 6.05. The third-order valence-corrected chi connectivity index (χ3v) is 5.50. The molecule has 0 aliphatic carbocycles. The van der Waals surface area contributed by atoms with Gasteiger partial charge >= 0.3 is 0 Å². The lowest BCUT2D eigenvalue weighted by atomic mass is 9.74. The standard InChI is InChI=1S/C21H21BrN2O3/c1-15-3-2-4-18(13-15)26-14-19-23-24-20(27-19)21(9-11-25-12-10-21)16-5-7-17(22)8-6-16/h2-8,13H,9-12,14H2,1H3. The summed E-state index contributed by atoms with van der Waals surface area (Å²) in [6.07, 6.45) is 1.63. The number of benzene rings is 2. The number of halogens is 1. The molecule has 1 saturated heterocycles. The smallest absolute Gasteiger partial charge is 0.253 e. The number of nitrogens with zero attached hydrogens (tertiary/aromatic N) is 2. The third-order valence-electron chi connectivity index (χ3n) is 4.97. The van der Waals surface area contributed by atoms with Crippen LogP contribution < -0.4 is 4.74 Å². The quantitative estimate of drug-likeness (QED) is 0.582. The highest BCUT2D eigenvalue weighted by molar-refractivity contribution is 9.10. The van der Waals surface area contributed by atoms with Gasteiger partial charge in [-0.1, -0.05) is 40.2 Å². The zero-order valence-corrected chi connectivity index (χ0v) is 16.7. The van der Waals surface area contributed by atoms with E-state index in [1.807, 2.05) is 43.3 Å². The van der Waals surface area contributed by atoms with Gasteiger partial charge in [-0.3, -0.25) is 0 Å². The molecule has 0 atom stereocenters. The fourth-order valence-corrected chi connectivity index (χ4v) is 3.73. The van der Waals surface area contributed by atoms with Crippen molar-refractivity contribution in [2.24, 2.45) is 0 Å². The van der Waals surface area contributed by atoms with E-state index < -0.39 is 0 Å². The first-order chi connectivity index (χ1) is 13.2. The Labute approximate surface area is 166 Å². The summed E-state index contributed by atoms with van der Waals surface area (Å²) in [5.41, 5.74) is 2.01. The van der Waals surface area contributed by atoms with Crippen molar-refractivity contribution in [3.8, 4) is 5.75 Å². The van der Waals surface area contributed by atoms with Crippen molar-refractivity contribution in [2.45, 2.75) is 31.8 Å². The van der Waals surface area contributed by atoms with Gasteiger partial charge in [-0.25, -0.2) is 0 Å². The maximum atomic E-state index is 6.05. The lowest BCUT2D eigenvalue weighted by Gasteiger charge is -2.34. The lowest BCUT2D eigenvalue weighted by Crippen LogP contribution is -2.35. The first-order valence-corrected chi connectivity index (χ1v) is 9.81. The first-order valence-electron chi connectivity index (χ1n) is 9.02. The van der Waals surface area contributed by atoms with Crippen LogP contribution in [-0.4, -0.2) is 23.4 Å². The van der Waals surface area contributed by atoms with Crippen LogP contribution in [-0.2, 0) is 16.8 Å². The summed E-state index contributed by atoms with van der Waals surface area (Å²) in [7, 11) is 0. The molecule has 0 N–H and O–H groups in total. The SMILES string of the molecule is Cc1cccc(OCc2nnc(C3(c4ccc(Br)cc4)CCOCC3)o2)c1. The van der Waals surface area contributed by atoms with E-state index >= 15 is 0 Å². The van der Waals surface area contributed by atoms with Crippen molar-refractivity contribution in [1.29, 1.82) is 0 Å². The van der Waals surface area contributed by atoms with Gasteiger partial charge in [-0.2, -0.15) is 0 Å². The molecule has 0 spiro atoms. The number of hydrogen-bond acceptors (Lipinski definition) is 5. The van der Waals surface area contributed by atoms with Crippen LogP contribution in [0.25, 0.3) is 0 Å². The van der Waals surface area contributed by atoms with E-state index in [4.69, 9.17) is 13.9 Å². The molecule has 5 nitrogen and oxygen atoms in total. The van der Waals surface area contributed by atoms with E-state index in [9.17, 15) is 0 Å². The van der Waals surface area contributed by atoms with Crippen molar-refractivity contribution >= 4 is 15.9 Å². The average Bonchev–Trinajstić information content (AvgIpc) is 3.17. The molecular weight excluding hydrogens is 408 g/mol. The third kappa shape index (κ3) is 3.92. The minimum Gasteiger partial charge on any atom is -0.484 e. The molecule has 1 aliphatic heterocycles. The van der Waals surface area contributed by atoms with Gasteiger partial charge in [0.05, 0.1) is 5.41 Å². The van der Waals surface area contributed by atoms with Crippen LogP contribution >= 0.6 is 15.9 Å². The van der Waals surface area contributed by atoms with Gasteiger partial charge in [-0.05, 0) is 55.2 Å². The predicted molar refractivity (Wildman–Crippen MR) is 105 cm³/mol. The number of aromatic nitrogens is 2. The highest BCUT2D eigenvalue weighted by Crippen LogP contribution is 2.40. The summed E-state index contributed by atoms with van der Waals surface area (Å²) in [5, 5.41) is 8.60. The molecule has 6 heteroatoms. The highest BCUT2D eigenvalue weighted by atomic mass is 79.9. The van der Waals surface area contributed by atoms with Crippen molar-refractivity contribution < 1.29 is 13.9 Å². The molecule has 0 bridgehead atoms. The first kappa shape index (κ1) is 18.2. The summed E-state index contributed by atoms with van der Waals surface area (Å²) in [6.45, 7) is 3.63. The zero-order valence-electron chi connectivity index (χ0n) is 15.2. The molecule has 2 heterocycles. The number of aryl methyl sites for hydroxylation is 1. The molecule has 0 saturated carbocycles. The van der Waals surface area contributed by atoms with E-state index in [2.05, 4.69) is 38.3 Å². The van der Waals surface area contributed by atoms with Gasteiger partial charge in [-0.15, -0.1) is 10.2 Å². The second kappa shape index (κ2) is 7.82. The Morgan fingerprint density at radius 2 is 1.85 bits per heavy atom. The van der Waals surface area contributed by atoms with Crippen LogP contribution in [0.4, 0.5) is 0 Å². The zero-order chi connectivity index (χ0) is 18.7. The molecule has 1 fully saturated rings. The van der Waals surface area contributed by atoms with Crippen molar-refractivity contribution in [2.75, 3.05) is 13.2 Å². The van der Waals surface area contributed by atoms with Crippen molar-refractivity contribution in [3.63, 3.8) is 0 Å². The van der Waals surface area contributed by atoms with Crippen LogP contribution in [0.5, 0.6) is 5.75 Å². The van der Waals surface area contributed by atoms with E-state index in [0.717, 1.165) is 28.6 Å². The normalized spacial score (nSPS) is 16.2. The van der Waals surface area contributed by atoms with Gasteiger partial charge in [0.1, 0.15) is 5.75 Å². The number of hydrogen-bond donors (Lipinski definition) is 0. The van der Waals surface area contributed by atoms with Gasteiger partial charge in [0.2, 0.25) is 5.89 Å². The molecule has 0 radical (unpaired) electrons. The number of ether oxygens (including phenoxy) is 2. The van der Waals surface area contributed by atoms with E-state index in [1.54, 1.807) is 0 Å². The van der Waals surface area contributed by atoms with Gasteiger partial charge in [0, 0.05) is 17.7 Å². The van der Waals surface area contributed by atoms with Crippen LogP contribution in [0.3, 0.4) is 0 Å². The Balaban J connectivity index is 1.57. The van der Waals surface area contributed by atoms with Crippen molar-refractivity contribution in [1.82, 2.24) is 10.2 Å². The molecule has 1 aromatic heterocycles. The van der Waals surface area contributed by atoms with Crippen LogP contribution in [0, 0.1) is 6.92 Å². The molecule has 3 aromatic rings. The topological polar surface area (TPSA) is 57.4 Å². The lowest BCUT2D eigenvalue weighted by molar-refractivity contribution is 0.0536. The van der Waals surface area contributed by atoms with Crippen LogP contribution in [0.2, 0.25) is 0 Å². The molecule has 0 amide bonds. The van der Waals surface area contributed by atoms with Gasteiger partial charge < -0.3 is 13.9 Å². The fraction of sp³-hybridized carbons (Fsp3) is 0.333. The molecule has 4 rings (SSSR count). The molecule has 27 heavy (non-hydrogen) atoms. The molecule has 0 unspecified atom stereocenters. The summed E-state index contributed by atoms with van der Waals surface area (Å²) in [5.74, 6) is 1.91. The molecular formula is C21H21BrN2O3. The summed E-state index contributed by atoms with van der Waals surface area (Å²) in [6, 6.07) is 16.2. The summed E-state index contributed by atoms with van der Waals surface area (Å²) >= 11 is 3.50. The monoisotopic (exact) mass is 428 g/mol. The maximum Gasteiger partial charge on any atom is 0.253 e. The second-order valence-corrected chi connectivity index (χ2v) is 7.72. The Morgan fingerprint density at radius 1 is 1.07 bits per heavy atom. The predicted octanol–water partition coefficient (Wildman–Crippen LogP) is 4.82. The second-order valence-electron chi connectivity index (χ2n) is 6.81. The Kier molecular flexibility index (Phi) is 5.27. The highest BCUT2D eigenvalue weighted by Gasteiger charge is 2.41. The number of rotatable bonds is 5. The molecule has 140 valence electrons. The van der Waals surface area contributed by atoms with Crippen LogP contribution in [0.1, 0.15) is 35.7 Å². The minimum absolute atomic E-state index is 0.253. The Bertz CT molecular complexity index is 902. The van der Waals surface area contributed by atoms with Gasteiger partial charge in [0.25, 0.3) is 5.89 Å². The molecule has 2 aromatic carbocycles. The van der Waals surface area contributed by atoms with E-state index in [1.165, 1.54) is 5.56 Å². The molecule has 1 aliphatic rings. The largest absolute Gasteiger partial charge is 0.484 e. The minimum atomic E-state index is -0.312. The van der Waals surface area contributed by atoms with Crippen LogP contribution in [0.15, 0.2) is 57.4 Å². The van der Waals surface area contributed by atoms with Gasteiger partial charge in [0.15, 0.2) is 6.61 Å². The fourth-order valence-electron chi connectivity index (χ4n) is 3.47. The van der Waals surface area contributed by atoms with E-state index in [0.29, 0.717) is 25.0 Å². The average molecular weight is 429 g/mol. The van der Waals surface area contributed by atoms with E-state index in [-0.39, 0.29) is 12.0 Å².